The van der Waals surface area contributed by atoms with Gasteiger partial charge in [0, 0.05) is 11.1 Å². The smallest absolute Gasteiger partial charge is 0.434 e. The number of carbonyl (C=O) groups is 2. The Labute approximate surface area is 145 Å². The Morgan fingerprint density at radius 3 is 2.28 bits per heavy atom. The summed E-state index contributed by atoms with van der Waals surface area (Å²) >= 11 is 0. The molecule has 0 spiro atoms. The van der Waals surface area contributed by atoms with Crippen LogP contribution in [0.3, 0.4) is 0 Å². The van der Waals surface area contributed by atoms with Gasteiger partial charge in [0.2, 0.25) is 0 Å². The van der Waals surface area contributed by atoms with E-state index in [1.807, 2.05) is 48.5 Å². The van der Waals surface area contributed by atoms with E-state index in [0.29, 0.717) is 17.0 Å². The zero-order valence-corrected chi connectivity index (χ0v) is 13.9. The number of nitrogens with zero attached hydrogens (tertiary/aromatic N) is 2. The van der Waals surface area contributed by atoms with Gasteiger partial charge >= 0.3 is 6.09 Å². The summed E-state index contributed by atoms with van der Waals surface area (Å²) in [6.07, 6.45) is -0.511. The van der Waals surface area contributed by atoms with Crippen molar-refractivity contribution in [3.05, 3.63) is 78.0 Å². The summed E-state index contributed by atoms with van der Waals surface area (Å²) in [4.78, 5) is 24.7. The highest BCUT2D eigenvalue weighted by Gasteiger charge is 2.19. The molecule has 5 nitrogen and oxygen atoms in total. The predicted molar refractivity (Wildman–Crippen MR) is 94.6 cm³/mol. The van der Waals surface area contributed by atoms with Gasteiger partial charge in [-0.3, -0.25) is 4.79 Å². The van der Waals surface area contributed by atoms with E-state index in [9.17, 15) is 9.59 Å². The van der Waals surface area contributed by atoms with Crippen LogP contribution >= 0.6 is 0 Å². The van der Waals surface area contributed by atoms with Gasteiger partial charge in [-0.15, -0.1) is 0 Å². The lowest BCUT2D eigenvalue weighted by atomic mass is 10.1. The van der Waals surface area contributed by atoms with Gasteiger partial charge in [-0.05, 0) is 13.0 Å². The highest BCUT2D eigenvalue weighted by Crippen LogP contribution is 2.20. The molecule has 0 amide bonds. The zero-order valence-electron chi connectivity index (χ0n) is 13.9. The largest absolute Gasteiger partial charge is 0.448 e. The molecule has 3 aromatic rings. The number of ether oxygens (including phenoxy) is 1. The van der Waals surface area contributed by atoms with Crippen LogP contribution < -0.4 is 0 Å². The van der Waals surface area contributed by atoms with Crippen LogP contribution in [0.2, 0.25) is 0 Å². The van der Waals surface area contributed by atoms with Crippen LogP contribution in [-0.2, 0) is 11.2 Å². The summed E-state index contributed by atoms with van der Waals surface area (Å²) in [5.74, 6) is -0.0781. The molecule has 0 aliphatic heterocycles. The van der Waals surface area contributed by atoms with Crippen molar-refractivity contribution in [1.29, 1.82) is 0 Å². The lowest BCUT2D eigenvalue weighted by molar-refractivity contribution is 0.0990. The predicted octanol–water partition coefficient (Wildman–Crippen LogP) is 3.98. The molecule has 0 bridgehead atoms. The molecule has 0 aliphatic rings. The fourth-order valence-electron chi connectivity index (χ4n) is 2.53. The number of aromatic nitrogens is 2. The van der Waals surface area contributed by atoms with Gasteiger partial charge in [-0.1, -0.05) is 60.7 Å². The van der Waals surface area contributed by atoms with Crippen LogP contribution in [0.1, 0.15) is 23.0 Å². The molecule has 1 heterocycles. The Morgan fingerprint density at radius 2 is 1.64 bits per heavy atom. The Kier molecular flexibility index (Phi) is 5.04. The standard InChI is InChI=1S/C20H18N2O3/c1-2-25-20(24)22-17(14-19(23)16-11-7-4-8-12-16)13-18(21-22)15-9-5-3-6-10-15/h3-13H,2,14H2,1H3. The summed E-state index contributed by atoms with van der Waals surface area (Å²) in [6.45, 7) is 1.97. The Hall–Kier alpha value is -3.21. The molecule has 0 fully saturated rings. The zero-order chi connectivity index (χ0) is 17.6. The first-order valence-corrected chi connectivity index (χ1v) is 8.08. The fraction of sp³-hybridized carbons (Fsp3) is 0.150. The number of carbonyl (C=O) groups excluding carboxylic acids is 2. The average molecular weight is 334 g/mol. The van der Waals surface area contributed by atoms with Crippen LogP contribution in [0.25, 0.3) is 11.3 Å². The van der Waals surface area contributed by atoms with Gasteiger partial charge in [-0.25, -0.2) is 4.79 Å². The summed E-state index contributed by atoms with van der Waals surface area (Å²) in [5, 5.41) is 4.34. The number of rotatable bonds is 5. The highest BCUT2D eigenvalue weighted by molar-refractivity contribution is 5.97. The lowest BCUT2D eigenvalue weighted by Gasteiger charge is -2.05. The van der Waals surface area contributed by atoms with Crippen molar-refractivity contribution in [2.45, 2.75) is 13.3 Å². The fourth-order valence-corrected chi connectivity index (χ4v) is 2.53. The number of hydrogen-bond acceptors (Lipinski definition) is 4. The van der Waals surface area contributed by atoms with Crippen molar-refractivity contribution in [2.24, 2.45) is 0 Å². The van der Waals surface area contributed by atoms with E-state index in [1.54, 1.807) is 25.1 Å². The summed E-state index contributed by atoms with van der Waals surface area (Å²) in [6, 6.07) is 20.3. The summed E-state index contributed by atoms with van der Waals surface area (Å²) in [5.41, 5.74) is 2.61. The molecule has 3 rings (SSSR count). The van der Waals surface area contributed by atoms with Gasteiger partial charge < -0.3 is 4.74 Å². The second kappa shape index (κ2) is 7.57. The Morgan fingerprint density at radius 1 is 1.00 bits per heavy atom. The van der Waals surface area contributed by atoms with Crippen molar-refractivity contribution in [1.82, 2.24) is 9.78 Å². The second-order valence-corrected chi connectivity index (χ2v) is 5.46. The van der Waals surface area contributed by atoms with Crippen molar-refractivity contribution in [3.63, 3.8) is 0 Å². The number of benzene rings is 2. The lowest BCUT2D eigenvalue weighted by Crippen LogP contribution is -2.19. The first kappa shape index (κ1) is 16.6. The Balaban J connectivity index is 1.94. The third-order valence-corrected chi connectivity index (χ3v) is 3.73. The first-order chi connectivity index (χ1) is 12.2. The SMILES string of the molecule is CCOC(=O)n1nc(-c2ccccc2)cc1CC(=O)c1ccccc1. The molecule has 0 atom stereocenters. The molecule has 2 aromatic carbocycles. The van der Waals surface area contributed by atoms with Crippen molar-refractivity contribution in [2.75, 3.05) is 6.61 Å². The number of Topliss-reactive ketones (excluding diaryl/α,β-unsaturated/α-hetero) is 1. The van der Waals surface area contributed by atoms with Crippen LogP contribution in [0.5, 0.6) is 0 Å². The van der Waals surface area contributed by atoms with Crippen molar-refractivity contribution < 1.29 is 14.3 Å². The maximum absolute atomic E-state index is 12.5. The first-order valence-electron chi connectivity index (χ1n) is 8.08. The van der Waals surface area contributed by atoms with Gasteiger partial charge in [0.1, 0.15) is 0 Å². The average Bonchev–Trinajstić information content (AvgIpc) is 3.07. The van der Waals surface area contributed by atoms with E-state index in [1.165, 1.54) is 4.68 Å². The van der Waals surface area contributed by atoms with Crippen LogP contribution in [-0.4, -0.2) is 28.3 Å². The quantitative estimate of drug-likeness (QED) is 0.662. The third kappa shape index (κ3) is 3.83. The minimum Gasteiger partial charge on any atom is -0.448 e. The molecule has 1 aromatic heterocycles. The molecular formula is C20H18N2O3. The van der Waals surface area contributed by atoms with E-state index in [0.717, 1.165) is 5.56 Å². The van der Waals surface area contributed by atoms with Crippen molar-refractivity contribution >= 4 is 11.9 Å². The molecular weight excluding hydrogens is 316 g/mol. The van der Waals surface area contributed by atoms with Gasteiger partial charge in [0.15, 0.2) is 5.78 Å². The molecule has 0 unspecified atom stereocenters. The summed E-state index contributed by atoms with van der Waals surface area (Å²) in [7, 11) is 0. The molecule has 5 heteroatoms. The topological polar surface area (TPSA) is 61.2 Å². The minimum atomic E-state index is -0.583. The van der Waals surface area contributed by atoms with Crippen LogP contribution in [0, 0.1) is 0 Å². The molecule has 0 saturated carbocycles. The highest BCUT2D eigenvalue weighted by atomic mass is 16.5. The molecule has 0 radical (unpaired) electrons. The van der Waals surface area contributed by atoms with Gasteiger partial charge in [-0.2, -0.15) is 9.78 Å². The number of hydrogen-bond donors (Lipinski definition) is 0. The maximum atomic E-state index is 12.5. The van der Waals surface area contributed by atoms with E-state index >= 15 is 0 Å². The third-order valence-electron chi connectivity index (χ3n) is 3.73. The monoisotopic (exact) mass is 334 g/mol. The van der Waals surface area contributed by atoms with E-state index in [2.05, 4.69) is 5.10 Å². The van der Waals surface area contributed by atoms with Crippen molar-refractivity contribution in [3.8, 4) is 11.3 Å². The normalized spacial score (nSPS) is 10.4. The van der Waals surface area contributed by atoms with E-state index in [4.69, 9.17) is 4.74 Å². The molecule has 25 heavy (non-hydrogen) atoms. The van der Waals surface area contributed by atoms with Gasteiger partial charge in [0.25, 0.3) is 0 Å². The summed E-state index contributed by atoms with van der Waals surface area (Å²) < 4.78 is 6.23. The molecule has 0 N–H and O–H groups in total. The second-order valence-electron chi connectivity index (χ2n) is 5.46. The maximum Gasteiger partial charge on any atom is 0.434 e. The molecule has 0 saturated heterocycles. The minimum absolute atomic E-state index is 0.0721. The number of ketones is 1. The molecule has 126 valence electrons. The van der Waals surface area contributed by atoms with Crippen LogP contribution in [0.4, 0.5) is 4.79 Å². The molecule has 0 aliphatic carbocycles. The van der Waals surface area contributed by atoms with Gasteiger partial charge in [0.05, 0.1) is 24.4 Å². The van der Waals surface area contributed by atoms with E-state index in [-0.39, 0.29) is 18.8 Å². The van der Waals surface area contributed by atoms with E-state index < -0.39 is 6.09 Å². The van der Waals surface area contributed by atoms with Crippen LogP contribution in [0.15, 0.2) is 66.7 Å². The Bertz CT molecular complexity index is 870.